The molecule has 0 bridgehead atoms. The molecule has 1 aliphatic heterocycles. The van der Waals surface area contributed by atoms with Crippen LogP contribution in [0.25, 0.3) is 0 Å². The van der Waals surface area contributed by atoms with Crippen molar-refractivity contribution >= 4 is 5.97 Å². The summed E-state index contributed by atoms with van der Waals surface area (Å²) in [6, 6.07) is -1.57. The topological polar surface area (TPSA) is 168 Å². The number of aliphatic carboxylic acids is 1. The van der Waals surface area contributed by atoms with Gasteiger partial charge in [-0.1, -0.05) is 0 Å². The average Bonchev–Trinajstić information content (AvgIpc) is 2.70. The van der Waals surface area contributed by atoms with Gasteiger partial charge in [-0.2, -0.15) is 0 Å². The lowest BCUT2D eigenvalue weighted by Gasteiger charge is -2.18. The van der Waals surface area contributed by atoms with Gasteiger partial charge in [0.1, 0.15) is 24.4 Å². The SMILES string of the molecule is Cc1cn([C@@H]2O[C@H]([C@H](N)C(=O)O)C(O)C2O)c(=O)[nH]c1=O. The van der Waals surface area contributed by atoms with E-state index >= 15 is 0 Å². The van der Waals surface area contributed by atoms with E-state index in [1.165, 1.54) is 6.92 Å². The van der Waals surface area contributed by atoms with Crippen molar-refractivity contribution in [1.82, 2.24) is 9.55 Å². The van der Waals surface area contributed by atoms with E-state index in [0.717, 1.165) is 10.8 Å². The van der Waals surface area contributed by atoms with Gasteiger partial charge in [-0.05, 0) is 6.92 Å². The number of aliphatic hydroxyl groups is 2. The molecule has 10 heteroatoms. The molecule has 2 rings (SSSR count). The normalized spacial score (nSPS) is 30.3. The molecule has 2 heterocycles. The van der Waals surface area contributed by atoms with Crippen LogP contribution in [0.4, 0.5) is 0 Å². The van der Waals surface area contributed by atoms with E-state index < -0.39 is 47.8 Å². The molecule has 1 aliphatic rings. The lowest BCUT2D eigenvalue weighted by molar-refractivity contribution is -0.144. The van der Waals surface area contributed by atoms with E-state index in [2.05, 4.69) is 0 Å². The Bertz CT molecular complexity index is 667. The number of aliphatic hydroxyl groups excluding tert-OH is 2. The zero-order chi connectivity index (χ0) is 15.9. The van der Waals surface area contributed by atoms with Crippen molar-refractivity contribution in [2.75, 3.05) is 0 Å². The minimum Gasteiger partial charge on any atom is -0.480 e. The maximum atomic E-state index is 11.7. The summed E-state index contributed by atoms with van der Waals surface area (Å²) in [7, 11) is 0. The zero-order valence-electron chi connectivity index (χ0n) is 11.0. The van der Waals surface area contributed by atoms with Crippen LogP contribution in [0.5, 0.6) is 0 Å². The van der Waals surface area contributed by atoms with Crippen molar-refractivity contribution in [3.05, 3.63) is 32.6 Å². The van der Waals surface area contributed by atoms with Crippen molar-refractivity contribution < 1.29 is 24.9 Å². The Morgan fingerprint density at radius 1 is 1.43 bits per heavy atom. The number of aromatic nitrogens is 2. The number of rotatable bonds is 3. The molecule has 116 valence electrons. The molecule has 1 aromatic rings. The third kappa shape index (κ3) is 2.61. The Kier molecular flexibility index (Phi) is 3.96. The molecule has 1 aromatic heterocycles. The molecule has 0 amide bonds. The largest absolute Gasteiger partial charge is 0.480 e. The highest BCUT2D eigenvalue weighted by molar-refractivity contribution is 5.74. The third-order valence-corrected chi connectivity index (χ3v) is 3.33. The number of nitrogens with one attached hydrogen (secondary N) is 1. The van der Waals surface area contributed by atoms with Crippen LogP contribution in [0.1, 0.15) is 11.8 Å². The van der Waals surface area contributed by atoms with E-state index in [-0.39, 0.29) is 5.56 Å². The van der Waals surface area contributed by atoms with Crippen LogP contribution >= 0.6 is 0 Å². The smallest absolute Gasteiger partial charge is 0.330 e. The highest BCUT2D eigenvalue weighted by Crippen LogP contribution is 2.29. The van der Waals surface area contributed by atoms with Gasteiger partial charge >= 0.3 is 11.7 Å². The summed E-state index contributed by atoms with van der Waals surface area (Å²) >= 11 is 0. The molecular formula is C11H15N3O7. The first-order valence-electron chi connectivity index (χ1n) is 6.06. The van der Waals surface area contributed by atoms with Gasteiger partial charge in [0.25, 0.3) is 5.56 Å². The average molecular weight is 301 g/mol. The molecule has 0 radical (unpaired) electrons. The van der Waals surface area contributed by atoms with Crippen molar-refractivity contribution in [2.24, 2.45) is 5.73 Å². The number of hydrogen-bond acceptors (Lipinski definition) is 7. The fourth-order valence-corrected chi connectivity index (χ4v) is 2.13. The van der Waals surface area contributed by atoms with E-state index in [4.69, 9.17) is 15.6 Å². The number of carbonyl (C=O) groups is 1. The Labute approximate surface area is 117 Å². The molecule has 10 nitrogen and oxygen atoms in total. The molecule has 0 aliphatic carbocycles. The first-order chi connectivity index (χ1) is 9.73. The van der Waals surface area contributed by atoms with Crippen LogP contribution < -0.4 is 17.0 Å². The van der Waals surface area contributed by atoms with Crippen molar-refractivity contribution in [3.8, 4) is 0 Å². The first kappa shape index (κ1) is 15.4. The summed E-state index contributed by atoms with van der Waals surface area (Å²) in [5, 5.41) is 28.6. The molecule has 0 saturated carbocycles. The molecule has 2 unspecified atom stereocenters. The van der Waals surface area contributed by atoms with Crippen LogP contribution in [0.3, 0.4) is 0 Å². The van der Waals surface area contributed by atoms with Crippen molar-refractivity contribution in [1.29, 1.82) is 0 Å². The Morgan fingerprint density at radius 3 is 2.62 bits per heavy atom. The van der Waals surface area contributed by atoms with Gasteiger partial charge in [-0.25, -0.2) is 4.79 Å². The lowest BCUT2D eigenvalue weighted by Crippen LogP contribution is -2.48. The summed E-state index contributed by atoms with van der Waals surface area (Å²) in [6.45, 7) is 1.44. The molecule has 0 aromatic carbocycles. The summed E-state index contributed by atoms with van der Waals surface area (Å²) in [6.07, 6.45) is -4.74. The van der Waals surface area contributed by atoms with Crippen LogP contribution in [0, 0.1) is 6.92 Å². The maximum Gasteiger partial charge on any atom is 0.330 e. The van der Waals surface area contributed by atoms with Crippen LogP contribution in [-0.2, 0) is 9.53 Å². The molecule has 6 N–H and O–H groups in total. The van der Waals surface area contributed by atoms with E-state index in [1.54, 1.807) is 0 Å². The van der Waals surface area contributed by atoms with Gasteiger partial charge in [-0.15, -0.1) is 0 Å². The number of carboxylic acid groups (broad SMARTS) is 1. The van der Waals surface area contributed by atoms with Gasteiger partial charge in [-0.3, -0.25) is 19.1 Å². The maximum absolute atomic E-state index is 11.7. The number of ether oxygens (including phenoxy) is 1. The number of hydrogen-bond donors (Lipinski definition) is 5. The van der Waals surface area contributed by atoms with Crippen LogP contribution in [0.15, 0.2) is 15.8 Å². The summed E-state index contributed by atoms with van der Waals surface area (Å²) in [5.41, 5.74) is 4.10. The zero-order valence-corrected chi connectivity index (χ0v) is 11.0. The van der Waals surface area contributed by atoms with Crippen molar-refractivity contribution in [3.63, 3.8) is 0 Å². The van der Waals surface area contributed by atoms with Gasteiger partial charge in [0.05, 0.1) is 0 Å². The van der Waals surface area contributed by atoms with Crippen LogP contribution in [0.2, 0.25) is 0 Å². The Hall–Kier alpha value is -2.01. The predicted octanol–water partition coefficient (Wildman–Crippen LogP) is -3.12. The standard InChI is InChI=1S/C11H15N3O7/c1-3-2-14(11(20)13-8(3)17)9-6(16)5(15)7(21-9)4(12)10(18)19/h2,4-7,9,15-16H,12H2,1H3,(H,18,19)(H,13,17,20)/t4-,5?,6?,7+,9+/m0/s1. The number of nitrogens with two attached hydrogens (primary N) is 1. The Balaban J connectivity index is 2.38. The van der Waals surface area contributed by atoms with E-state index in [9.17, 15) is 24.6 Å². The quantitative estimate of drug-likeness (QED) is 0.390. The van der Waals surface area contributed by atoms with E-state index in [0.29, 0.717) is 0 Å². The Morgan fingerprint density at radius 2 is 2.05 bits per heavy atom. The van der Waals surface area contributed by atoms with Gasteiger partial charge in [0.2, 0.25) is 0 Å². The minimum atomic E-state index is -1.58. The highest BCUT2D eigenvalue weighted by atomic mass is 16.6. The van der Waals surface area contributed by atoms with Gasteiger partial charge in [0.15, 0.2) is 6.23 Å². The number of H-pyrrole nitrogens is 1. The molecule has 21 heavy (non-hydrogen) atoms. The second-order valence-corrected chi connectivity index (χ2v) is 4.82. The van der Waals surface area contributed by atoms with Crippen molar-refractivity contribution in [2.45, 2.75) is 37.5 Å². The molecule has 1 fully saturated rings. The summed E-state index contributed by atoms with van der Waals surface area (Å²) in [4.78, 5) is 35.9. The van der Waals surface area contributed by atoms with Gasteiger partial charge < -0.3 is 25.8 Å². The van der Waals surface area contributed by atoms with Crippen LogP contribution in [-0.4, -0.2) is 55.2 Å². The number of nitrogens with zero attached hydrogens (tertiary/aromatic N) is 1. The number of aryl methyl sites for hydroxylation is 1. The number of carboxylic acids is 1. The molecular weight excluding hydrogens is 286 g/mol. The first-order valence-corrected chi connectivity index (χ1v) is 6.06. The third-order valence-electron chi connectivity index (χ3n) is 3.33. The fourth-order valence-electron chi connectivity index (χ4n) is 2.13. The number of aromatic amines is 1. The summed E-state index contributed by atoms with van der Waals surface area (Å²) < 4.78 is 6.08. The summed E-state index contributed by atoms with van der Waals surface area (Å²) in [5.74, 6) is -1.42. The van der Waals surface area contributed by atoms with E-state index in [1.807, 2.05) is 4.98 Å². The fraction of sp³-hybridized carbons (Fsp3) is 0.545. The second kappa shape index (κ2) is 5.41. The highest BCUT2D eigenvalue weighted by Gasteiger charge is 2.48. The van der Waals surface area contributed by atoms with Gasteiger partial charge in [0, 0.05) is 11.8 Å². The lowest BCUT2D eigenvalue weighted by atomic mass is 10.0. The minimum absolute atomic E-state index is 0.186. The molecule has 0 spiro atoms. The molecule has 5 atom stereocenters. The predicted molar refractivity (Wildman–Crippen MR) is 67.6 cm³/mol. The second-order valence-electron chi connectivity index (χ2n) is 4.82. The molecule has 1 saturated heterocycles. The monoisotopic (exact) mass is 301 g/mol.